The van der Waals surface area contributed by atoms with Crippen LogP contribution in [0.4, 0.5) is 11.6 Å². The number of primary amides is 1. The van der Waals surface area contributed by atoms with Crippen LogP contribution in [0.25, 0.3) is 11.0 Å². The summed E-state index contributed by atoms with van der Waals surface area (Å²) in [5, 5.41) is 0. The maximum absolute atomic E-state index is 11.0. The highest BCUT2D eigenvalue weighted by molar-refractivity contribution is 5.83. The predicted molar refractivity (Wildman–Crippen MR) is 71.0 cm³/mol. The zero-order valence-corrected chi connectivity index (χ0v) is 10.1. The Morgan fingerprint density at radius 2 is 1.89 bits per heavy atom. The van der Waals surface area contributed by atoms with Crippen molar-refractivity contribution >= 4 is 28.6 Å². The van der Waals surface area contributed by atoms with Gasteiger partial charge in [-0.15, -0.1) is 0 Å². The van der Waals surface area contributed by atoms with Crippen molar-refractivity contribution in [1.29, 1.82) is 0 Å². The second-order valence-electron chi connectivity index (χ2n) is 3.90. The number of anilines is 2. The van der Waals surface area contributed by atoms with E-state index in [1.54, 1.807) is 4.90 Å². The Balaban J connectivity index is 2.48. The van der Waals surface area contributed by atoms with Crippen molar-refractivity contribution in [3.63, 3.8) is 0 Å². The number of amides is 1. The lowest BCUT2D eigenvalue weighted by molar-refractivity contribution is -0.116. The Kier molecular flexibility index (Phi) is 3.27. The van der Waals surface area contributed by atoms with Crippen LogP contribution in [0.2, 0.25) is 0 Å². The number of rotatable bonds is 4. The first-order valence-electron chi connectivity index (χ1n) is 5.67. The van der Waals surface area contributed by atoms with E-state index < -0.39 is 5.91 Å². The summed E-state index contributed by atoms with van der Waals surface area (Å²) in [7, 11) is 0. The quantitative estimate of drug-likeness (QED) is 0.818. The molecule has 0 aliphatic heterocycles. The van der Waals surface area contributed by atoms with Gasteiger partial charge >= 0.3 is 0 Å². The van der Waals surface area contributed by atoms with E-state index in [-0.39, 0.29) is 6.54 Å². The largest absolute Gasteiger partial charge is 0.381 e. The van der Waals surface area contributed by atoms with Crippen molar-refractivity contribution in [2.75, 3.05) is 23.7 Å². The van der Waals surface area contributed by atoms with Crippen LogP contribution in [-0.4, -0.2) is 29.0 Å². The Bertz CT molecular complexity index is 584. The number of carbonyl (C=O) groups excluding carboxylic acids is 1. The van der Waals surface area contributed by atoms with Crippen LogP contribution in [-0.2, 0) is 4.79 Å². The van der Waals surface area contributed by atoms with Gasteiger partial charge in [0.1, 0.15) is 0 Å². The third-order valence-corrected chi connectivity index (χ3v) is 2.61. The number of nitrogens with two attached hydrogens (primary N) is 2. The van der Waals surface area contributed by atoms with Gasteiger partial charge < -0.3 is 16.4 Å². The van der Waals surface area contributed by atoms with Crippen LogP contribution in [0.3, 0.4) is 0 Å². The molecule has 0 aliphatic rings. The zero-order chi connectivity index (χ0) is 13.1. The van der Waals surface area contributed by atoms with Gasteiger partial charge in [-0.05, 0) is 19.1 Å². The molecule has 4 N–H and O–H groups in total. The molecule has 0 saturated carbocycles. The van der Waals surface area contributed by atoms with E-state index in [1.165, 1.54) is 0 Å². The monoisotopic (exact) mass is 245 g/mol. The molecule has 1 aromatic heterocycles. The minimum absolute atomic E-state index is 0.0771. The Morgan fingerprint density at radius 3 is 2.44 bits per heavy atom. The molecule has 0 atom stereocenters. The summed E-state index contributed by atoms with van der Waals surface area (Å²) in [5.41, 5.74) is 12.5. The van der Waals surface area contributed by atoms with E-state index in [9.17, 15) is 4.79 Å². The van der Waals surface area contributed by atoms with Gasteiger partial charge in [0, 0.05) is 6.54 Å². The first-order chi connectivity index (χ1) is 8.61. The standard InChI is InChI=1S/C12H15N5O/c1-2-17(7-10(13)18)12-11(14)15-8-5-3-4-6-9(8)16-12/h3-6H,2,7H2,1H3,(H2,13,18)(H2,14,15). The van der Waals surface area contributed by atoms with Gasteiger partial charge in [0.2, 0.25) is 5.91 Å². The molecule has 0 radical (unpaired) electrons. The molecule has 1 heterocycles. The van der Waals surface area contributed by atoms with Gasteiger partial charge in [-0.2, -0.15) is 0 Å². The zero-order valence-electron chi connectivity index (χ0n) is 10.1. The van der Waals surface area contributed by atoms with Crippen molar-refractivity contribution in [2.24, 2.45) is 5.73 Å². The smallest absolute Gasteiger partial charge is 0.237 e. The number of carbonyl (C=O) groups is 1. The van der Waals surface area contributed by atoms with Crippen LogP contribution < -0.4 is 16.4 Å². The number of aromatic nitrogens is 2. The van der Waals surface area contributed by atoms with Gasteiger partial charge in [0.15, 0.2) is 11.6 Å². The normalized spacial score (nSPS) is 10.5. The molecule has 6 nitrogen and oxygen atoms in total. The molecule has 0 aliphatic carbocycles. The summed E-state index contributed by atoms with van der Waals surface area (Å²) in [4.78, 5) is 21.4. The van der Waals surface area contributed by atoms with Gasteiger partial charge in [0.25, 0.3) is 0 Å². The molecule has 0 saturated heterocycles. The number of nitrogen functional groups attached to an aromatic ring is 1. The fourth-order valence-electron chi connectivity index (χ4n) is 1.76. The molecule has 0 unspecified atom stereocenters. The number of nitrogens with zero attached hydrogens (tertiary/aromatic N) is 3. The highest BCUT2D eigenvalue weighted by Gasteiger charge is 2.14. The summed E-state index contributed by atoms with van der Waals surface area (Å²) in [6, 6.07) is 7.44. The van der Waals surface area contributed by atoms with Gasteiger partial charge in [0.05, 0.1) is 17.6 Å². The molecular weight excluding hydrogens is 230 g/mol. The number of para-hydroxylation sites is 2. The molecule has 0 fully saturated rings. The summed E-state index contributed by atoms with van der Waals surface area (Å²) in [6.45, 7) is 2.56. The fraction of sp³-hybridized carbons (Fsp3) is 0.250. The number of likely N-dealkylation sites (N-methyl/N-ethyl adjacent to an activating group) is 1. The van der Waals surface area contributed by atoms with E-state index in [2.05, 4.69) is 9.97 Å². The third-order valence-electron chi connectivity index (χ3n) is 2.61. The third kappa shape index (κ3) is 2.32. The van der Waals surface area contributed by atoms with Gasteiger partial charge in [-0.1, -0.05) is 12.1 Å². The van der Waals surface area contributed by atoms with Crippen LogP contribution in [0.1, 0.15) is 6.92 Å². The molecule has 2 aromatic rings. The second-order valence-corrected chi connectivity index (χ2v) is 3.90. The van der Waals surface area contributed by atoms with Crippen LogP contribution in [0, 0.1) is 0 Å². The van der Waals surface area contributed by atoms with E-state index in [1.807, 2.05) is 31.2 Å². The molecular formula is C12H15N5O. The SMILES string of the molecule is CCN(CC(N)=O)c1nc2ccccc2nc1N. The van der Waals surface area contributed by atoms with Gasteiger partial charge in [-0.25, -0.2) is 9.97 Å². The van der Waals surface area contributed by atoms with E-state index in [4.69, 9.17) is 11.5 Å². The molecule has 1 aromatic carbocycles. The first-order valence-corrected chi connectivity index (χ1v) is 5.67. The van der Waals surface area contributed by atoms with Crippen molar-refractivity contribution in [3.8, 4) is 0 Å². The highest BCUT2D eigenvalue weighted by Crippen LogP contribution is 2.21. The number of hydrogen-bond acceptors (Lipinski definition) is 5. The fourth-order valence-corrected chi connectivity index (χ4v) is 1.76. The Hall–Kier alpha value is -2.37. The van der Waals surface area contributed by atoms with Crippen LogP contribution in [0.15, 0.2) is 24.3 Å². The summed E-state index contributed by atoms with van der Waals surface area (Å²) in [6.07, 6.45) is 0. The van der Waals surface area contributed by atoms with Crippen molar-refractivity contribution in [1.82, 2.24) is 9.97 Å². The number of fused-ring (bicyclic) bond motifs is 1. The maximum atomic E-state index is 11.0. The first kappa shape index (κ1) is 12.1. The van der Waals surface area contributed by atoms with E-state index in [0.717, 1.165) is 11.0 Å². The molecule has 18 heavy (non-hydrogen) atoms. The Labute approximate surface area is 105 Å². The average molecular weight is 245 g/mol. The highest BCUT2D eigenvalue weighted by atomic mass is 16.1. The lowest BCUT2D eigenvalue weighted by atomic mass is 10.3. The van der Waals surface area contributed by atoms with Gasteiger partial charge in [-0.3, -0.25) is 4.79 Å². The van der Waals surface area contributed by atoms with Crippen LogP contribution >= 0.6 is 0 Å². The van der Waals surface area contributed by atoms with Crippen LogP contribution in [0.5, 0.6) is 0 Å². The minimum Gasteiger partial charge on any atom is -0.381 e. The molecule has 94 valence electrons. The van der Waals surface area contributed by atoms with E-state index in [0.29, 0.717) is 18.2 Å². The summed E-state index contributed by atoms with van der Waals surface area (Å²) >= 11 is 0. The molecule has 0 spiro atoms. The topological polar surface area (TPSA) is 98.1 Å². The lowest BCUT2D eigenvalue weighted by Gasteiger charge is -2.21. The predicted octanol–water partition coefficient (Wildman–Crippen LogP) is 0.524. The van der Waals surface area contributed by atoms with Crippen molar-refractivity contribution in [2.45, 2.75) is 6.92 Å². The lowest BCUT2D eigenvalue weighted by Crippen LogP contribution is -2.34. The van der Waals surface area contributed by atoms with Crippen molar-refractivity contribution in [3.05, 3.63) is 24.3 Å². The number of benzene rings is 1. The summed E-state index contributed by atoms with van der Waals surface area (Å²) in [5.74, 6) is 0.373. The molecule has 2 rings (SSSR count). The number of hydrogen-bond donors (Lipinski definition) is 2. The van der Waals surface area contributed by atoms with E-state index >= 15 is 0 Å². The summed E-state index contributed by atoms with van der Waals surface area (Å²) < 4.78 is 0. The second kappa shape index (κ2) is 4.87. The molecule has 6 heteroatoms. The minimum atomic E-state index is -0.425. The average Bonchev–Trinajstić information content (AvgIpc) is 2.35. The Morgan fingerprint density at radius 1 is 1.28 bits per heavy atom. The molecule has 1 amide bonds. The maximum Gasteiger partial charge on any atom is 0.237 e. The molecule has 0 bridgehead atoms. The van der Waals surface area contributed by atoms with Crippen molar-refractivity contribution < 1.29 is 4.79 Å².